The van der Waals surface area contributed by atoms with Gasteiger partial charge in [0.05, 0.1) is 38.5 Å². The number of esters is 1. The third kappa shape index (κ3) is 7.96. The molecule has 10 heteroatoms. The Morgan fingerprint density at radius 3 is 2.45 bits per heavy atom. The number of nitrogens with one attached hydrogen (secondary N) is 1. The molecule has 0 amide bonds. The van der Waals surface area contributed by atoms with Crippen molar-refractivity contribution in [3.8, 4) is 0 Å². The molecule has 0 bridgehead atoms. The van der Waals surface area contributed by atoms with Gasteiger partial charge in [-0.25, -0.2) is 9.18 Å². The summed E-state index contributed by atoms with van der Waals surface area (Å²) in [6.45, 7) is 3.48. The van der Waals surface area contributed by atoms with Crippen molar-refractivity contribution in [1.82, 2.24) is 4.57 Å². The monoisotopic (exact) mass is 497 g/mol. The molecular formula is C19H22FN2O5PY. The first-order chi connectivity index (χ1) is 13.3. The Hall–Kier alpha value is -1.63. The maximum absolute atomic E-state index is 13.1. The molecule has 1 aromatic carbocycles. The molecule has 2 rings (SSSR count). The molecule has 7 nitrogen and oxygen atoms in total. The van der Waals surface area contributed by atoms with Crippen LogP contribution in [0.25, 0.3) is 0 Å². The number of aromatic nitrogens is 1. The van der Waals surface area contributed by atoms with Gasteiger partial charge in [-0.2, -0.15) is 0 Å². The summed E-state index contributed by atoms with van der Waals surface area (Å²) in [5, 5.41) is 2.97. The van der Waals surface area contributed by atoms with E-state index in [2.05, 4.69) is 10.1 Å². The predicted octanol–water partition coefficient (Wildman–Crippen LogP) is 2.94. The molecule has 0 spiro atoms. The van der Waals surface area contributed by atoms with Crippen LogP contribution in [-0.4, -0.2) is 41.7 Å². The topological polar surface area (TPSA) is 94.5 Å². The number of Topliss-reactive ketones (excluding diaryl/α,β-unsaturated/α-hetero) is 2. The molecule has 2 aromatic rings. The molecule has 153 valence electrons. The molecule has 1 N–H and O–H groups in total. The average Bonchev–Trinajstić information content (AvgIpc) is 3.05. The second-order valence-electron chi connectivity index (χ2n) is 6.17. The maximum atomic E-state index is 13.1. The smallest absolute Gasteiger partial charge is 0.375 e. The number of carbonyl (C=O) groups excluding carboxylic acids is 3. The largest absolute Gasteiger partial charge is 0.460 e. The fourth-order valence-electron chi connectivity index (χ4n) is 2.51. The van der Waals surface area contributed by atoms with Crippen LogP contribution in [0.2, 0.25) is 0 Å². The maximum Gasteiger partial charge on any atom is 0.375 e. The summed E-state index contributed by atoms with van der Waals surface area (Å²) >= 11 is 0. The summed E-state index contributed by atoms with van der Waals surface area (Å²) in [4.78, 5) is 35.9. The van der Waals surface area contributed by atoms with E-state index in [0.29, 0.717) is 5.69 Å². The zero-order chi connectivity index (χ0) is 20.7. The predicted molar refractivity (Wildman–Crippen MR) is 104 cm³/mol. The second-order valence-corrected chi connectivity index (χ2v) is 7.93. The molecule has 0 aliphatic heterocycles. The molecule has 29 heavy (non-hydrogen) atoms. The van der Waals surface area contributed by atoms with Gasteiger partial charge in [0.15, 0.2) is 5.78 Å². The molecule has 0 saturated heterocycles. The Morgan fingerprint density at radius 1 is 1.21 bits per heavy atom. The molecule has 0 aliphatic carbocycles. The van der Waals surface area contributed by atoms with E-state index in [0.717, 1.165) is 5.56 Å². The van der Waals surface area contributed by atoms with Crippen LogP contribution < -0.4 is 5.32 Å². The van der Waals surface area contributed by atoms with Gasteiger partial charge in [-0.05, 0) is 37.4 Å². The van der Waals surface area contributed by atoms with Crippen molar-refractivity contribution in [2.24, 2.45) is 0 Å². The molecule has 1 heterocycles. The molecule has 0 aliphatic rings. The van der Waals surface area contributed by atoms with Crippen molar-refractivity contribution < 1.29 is 60.8 Å². The van der Waals surface area contributed by atoms with Gasteiger partial charge in [0.2, 0.25) is 5.78 Å². The van der Waals surface area contributed by atoms with Gasteiger partial charge in [-0.3, -0.25) is 9.59 Å². The van der Waals surface area contributed by atoms with Crippen LogP contribution in [0.5, 0.6) is 0 Å². The number of carbonyl (C=O) groups is 3. The van der Waals surface area contributed by atoms with Gasteiger partial charge >= 0.3 is 5.97 Å². The van der Waals surface area contributed by atoms with Crippen LogP contribution in [0.4, 0.5) is 10.1 Å². The third-order valence-corrected chi connectivity index (χ3v) is 4.49. The van der Waals surface area contributed by atoms with E-state index in [-0.39, 0.29) is 63.7 Å². The minimum Gasteiger partial charge on any atom is -0.460 e. The number of halogens is 1. The Kier molecular flexibility index (Phi) is 10.7. The second kappa shape index (κ2) is 12.2. The van der Waals surface area contributed by atoms with Crippen LogP contribution in [0.15, 0.2) is 36.5 Å². The van der Waals surface area contributed by atoms with Crippen LogP contribution in [-0.2, 0) is 58.1 Å². The van der Waals surface area contributed by atoms with E-state index < -0.39 is 31.8 Å². The Labute approximate surface area is 194 Å². The van der Waals surface area contributed by atoms with E-state index in [1.54, 1.807) is 36.5 Å². The number of benzene rings is 1. The Morgan fingerprint density at radius 2 is 1.86 bits per heavy atom. The Balaban J connectivity index is 0.00000420. The van der Waals surface area contributed by atoms with Crippen molar-refractivity contribution in [1.29, 1.82) is 0 Å². The minimum absolute atomic E-state index is 0. The van der Waals surface area contributed by atoms with Gasteiger partial charge in [0, 0.05) is 45.5 Å². The zero-order valence-electron chi connectivity index (χ0n) is 16.2. The molecule has 1 atom stereocenters. The number of ketones is 2. The van der Waals surface area contributed by atoms with Gasteiger partial charge in [-0.15, -0.1) is 0 Å². The van der Waals surface area contributed by atoms with E-state index in [4.69, 9.17) is 0 Å². The fraction of sp³-hybridized carbons (Fsp3) is 0.316. The zero-order valence-corrected chi connectivity index (χ0v) is 20.1. The van der Waals surface area contributed by atoms with E-state index in [1.165, 1.54) is 18.2 Å². The number of hydrogen-bond acceptors (Lipinski definition) is 6. The third-order valence-electron chi connectivity index (χ3n) is 3.81. The van der Waals surface area contributed by atoms with Crippen molar-refractivity contribution in [3.05, 3.63) is 53.6 Å². The normalized spacial score (nSPS) is 11.3. The van der Waals surface area contributed by atoms with Crippen LogP contribution in [0.3, 0.4) is 0 Å². The number of anilines is 1. The molecule has 1 unspecified atom stereocenters. The van der Waals surface area contributed by atoms with Gasteiger partial charge in [0.25, 0.3) is 0 Å². The van der Waals surface area contributed by atoms with Crippen LogP contribution in [0.1, 0.15) is 29.4 Å². The first-order valence-electron chi connectivity index (χ1n) is 8.71. The van der Waals surface area contributed by atoms with Crippen LogP contribution in [0, 0.1) is 5.82 Å². The quantitative estimate of drug-likeness (QED) is 0.178. The number of ether oxygens (including phenoxy) is 1. The minimum atomic E-state index is -1.77. The van der Waals surface area contributed by atoms with E-state index in [9.17, 15) is 23.3 Å². The van der Waals surface area contributed by atoms with Gasteiger partial charge < -0.3 is 19.2 Å². The molecule has 1 radical (unpaired) electrons. The number of nitrogens with zero attached hydrogens (tertiary/aromatic N) is 1. The summed E-state index contributed by atoms with van der Waals surface area (Å²) < 4.78 is 30.7. The molecule has 1 aromatic heterocycles. The summed E-state index contributed by atoms with van der Waals surface area (Å²) in [6, 6.07) is 7.34. The van der Waals surface area contributed by atoms with Crippen molar-refractivity contribution in [2.75, 3.05) is 24.9 Å². The average molecular weight is 497 g/mol. The summed E-state index contributed by atoms with van der Waals surface area (Å²) in [6.07, 6.45) is 1.30. The van der Waals surface area contributed by atoms with Crippen molar-refractivity contribution >= 4 is 31.0 Å². The fourth-order valence-corrected chi connectivity index (χ4v) is 2.96. The van der Waals surface area contributed by atoms with Gasteiger partial charge in [-0.1, -0.05) is 12.1 Å². The Bertz CT molecular complexity index is 899. The number of rotatable bonds is 10. The van der Waals surface area contributed by atoms with E-state index in [1.807, 2.05) is 0 Å². The summed E-state index contributed by atoms with van der Waals surface area (Å²) in [5.74, 6) is -2.88. The van der Waals surface area contributed by atoms with Gasteiger partial charge in [0.1, 0.15) is 5.82 Å². The van der Waals surface area contributed by atoms with Crippen molar-refractivity contribution in [3.63, 3.8) is 0 Å². The molecule has 0 saturated carbocycles. The summed E-state index contributed by atoms with van der Waals surface area (Å²) in [7, 11) is -1.77. The first kappa shape index (κ1) is 25.4. The standard InChI is InChI=1S/C19H22FN2O5P.Y/c1-3-27-19(25)18(24)9-17(23)16-8-15(21-12-28(2)26)11-22(16)10-13-4-6-14(20)7-5-13;/h4-8,11,21,28H,3,9-10,12H2,1-2H3;. The number of hydrogen-bond donors (Lipinski definition) is 1. The van der Waals surface area contributed by atoms with Crippen molar-refractivity contribution in [2.45, 2.75) is 19.9 Å². The summed E-state index contributed by atoms with van der Waals surface area (Å²) in [5.41, 5.74) is 1.52. The molecular weight excluding hydrogens is 475 g/mol. The van der Waals surface area contributed by atoms with Crippen LogP contribution >= 0.6 is 7.80 Å². The first-order valence-corrected chi connectivity index (χ1v) is 10.8. The molecule has 0 fully saturated rings. The van der Waals surface area contributed by atoms with E-state index >= 15 is 0 Å². The SMILES string of the molecule is CCOC(=O)C(=O)CC(=O)c1cc(NC[PH](C)=O)cn1Cc1ccc(F)cc1.[Y].